The second-order valence-electron chi connectivity index (χ2n) is 4.36. The van der Waals surface area contributed by atoms with E-state index in [1.807, 2.05) is 6.07 Å². The number of nitrogens with two attached hydrogens (primary N) is 1. The lowest BCUT2D eigenvalue weighted by Gasteiger charge is -2.07. The Morgan fingerprint density at radius 1 is 1.20 bits per heavy atom. The van der Waals surface area contributed by atoms with Crippen molar-refractivity contribution in [3.05, 3.63) is 29.8 Å². The molecule has 110 valence electrons. The second kappa shape index (κ2) is 8.92. The predicted octanol–water partition coefficient (Wildman–Crippen LogP) is 0.0802. The van der Waals surface area contributed by atoms with Crippen molar-refractivity contribution >= 4 is 17.5 Å². The van der Waals surface area contributed by atoms with Crippen molar-refractivity contribution in [2.75, 3.05) is 32.5 Å². The number of hydrogen-bond acceptors (Lipinski definition) is 4. The fourth-order valence-corrected chi connectivity index (χ4v) is 1.65. The number of methoxy groups -OCH3 is 1. The van der Waals surface area contributed by atoms with E-state index in [0.717, 1.165) is 5.56 Å². The predicted molar refractivity (Wildman–Crippen MR) is 77.1 cm³/mol. The number of ether oxygens (including phenoxy) is 1. The molecule has 0 heterocycles. The first-order valence-corrected chi connectivity index (χ1v) is 6.48. The van der Waals surface area contributed by atoms with Crippen molar-refractivity contribution < 1.29 is 14.3 Å². The Labute approximate surface area is 118 Å². The third-order valence-electron chi connectivity index (χ3n) is 2.62. The Kier molecular flexibility index (Phi) is 7.13. The highest BCUT2D eigenvalue weighted by molar-refractivity contribution is 5.80. The van der Waals surface area contributed by atoms with Crippen LogP contribution in [0.3, 0.4) is 0 Å². The average molecular weight is 279 g/mol. The maximum Gasteiger partial charge on any atom is 0.224 e. The minimum Gasteiger partial charge on any atom is -0.399 e. The molecule has 0 atom stereocenters. The molecule has 0 aromatic heterocycles. The van der Waals surface area contributed by atoms with Crippen LogP contribution in [0.1, 0.15) is 12.0 Å². The van der Waals surface area contributed by atoms with Gasteiger partial charge in [0.05, 0.1) is 13.0 Å². The zero-order chi connectivity index (χ0) is 14.8. The Bertz CT molecular complexity index is 449. The van der Waals surface area contributed by atoms with Crippen molar-refractivity contribution in [3.63, 3.8) is 0 Å². The molecule has 1 aromatic carbocycles. The zero-order valence-corrected chi connectivity index (χ0v) is 11.6. The first-order valence-electron chi connectivity index (χ1n) is 6.48. The standard InChI is InChI=1S/C14H21N3O3/c1-20-8-7-17-13(18)5-6-16-14(19)10-11-3-2-4-12(15)9-11/h2-4,9H,5-8,10,15H2,1H3,(H,16,19)(H,17,18). The largest absolute Gasteiger partial charge is 0.399 e. The fraction of sp³-hybridized carbons (Fsp3) is 0.429. The number of hydrogen-bond donors (Lipinski definition) is 3. The normalized spacial score (nSPS) is 10.1. The van der Waals surface area contributed by atoms with E-state index < -0.39 is 0 Å². The van der Waals surface area contributed by atoms with Gasteiger partial charge in [0, 0.05) is 32.3 Å². The third-order valence-corrected chi connectivity index (χ3v) is 2.62. The highest BCUT2D eigenvalue weighted by Gasteiger charge is 2.05. The molecule has 0 aliphatic rings. The van der Waals surface area contributed by atoms with Crippen molar-refractivity contribution in [1.82, 2.24) is 10.6 Å². The van der Waals surface area contributed by atoms with Gasteiger partial charge in [-0.1, -0.05) is 12.1 Å². The third kappa shape index (κ3) is 6.75. The number of nitrogen functional groups attached to an aromatic ring is 1. The maximum atomic E-state index is 11.7. The van der Waals surface area contributed by atoms with E-state index in [-0.39, 0.29) is 24.7 Å². The highest BCUT2D eigenvalue weighted by atomic mass is 16.5. The Morgan fingerprint density at radius 3 is 2.65 bits per heavy atom. The molecule has 0 aliphatic carbocycles. The van der Waals surface area contributed by atoms with E-state index in [9.17, 15) is 9.59 Å². The van der Waals surface area contributed by atoms with Gasteiger partial charge in [-0.3, -0.25) is 9.59 Å². The van der Waals surface area contributed by atoms with E-state index in [4.69, 9.17) is 10.5 Å². The molecule has 0 aliphatic heterocycles. The van der Waals surface area contributed by atoms with E-state index >= 15 is 0 Å². The zero-order valence-electron chi connectivity index (χ0n) is 11.6. The van der Waals surface area contributed by atoms with Crippen LogP contribution in [0, 0.1) is 0 Å². The van der Waals surface area contributed by atoms with Crippen molar-refractivity contribution in [1.29, 1.82) is 0 Å². The first kappa shape index (κ1) is 16.0. The lowest BCUT2D eigenvalue weighted by molar-refractivity contribution is -0.122. The lowest BCUT2D eigenvalue weighted by Crippen LogP contribution is -2.32. The van der Waals surface area contributed by atoms with Crippen LogP contribution in [-0.4, -0.2) is 38.6 Å². The van der Waals surface area contributed by atoms with Gasteiger partial charge in [0.25, 0.3) is 0 Å². The van der Waals surface area contributed by atoms with Gasteiger partial charge in [0.1, 0.15) is 0 Å². The number of carbonyl (C=O) groups is 2. The molecule has 20 heavy (non-hydrogen) atoms. The fourth-order valence-electron chi connectivity index (χ4n) is 1.65. The average Bonchev–Trinajstić information content (AvgIpc) is 2.39. The molecule has 1 rings (SSSR count). The van der Waals surface area contributed by atoms with Crippen LogP contribution in [0.2, 0.25) is 0 Å². The van der Waals surface area contributed by atoms with Gasteiger partial charge in [-0.15, -0.1) is 0 Å². The smallest absolute Gasteiger partial charge is 0.224 e. The number of carbonyl (C=O) groups excluding carboxylic acids is 2. The van der Waals surface area contributed by atoms with Crippen LogP contribution < -0.4 is 16.4 Å². The van der Waals surface area contributed by atoms with Crippen LogP contribution in [0.5, 0.6) is 0 Å². The summed E-state index contributed by atoms with van der Waals surface area (Å²) < 4.78 is 4.82. The molecular weight excluding hydrogens is 258 g/mol. The maximum absolute atomic E-state index is 11.7. The van der Waals surface area contributed by atoms with Gasteiger partial charge in [-0.25, -0.2) is 0 Å². The van der Waals surface area contributed by atoms with E-state index in [2.05, 4.69) is 10.6 Å². The number of nitrogens with one attached hydrogen (secondary N) is 2. The van der Waals surface area contributed by atoms with Crippen LogP contribution in [0.15, 0.2) is 24.3 Å². The number of rotatable bonds is 8. The van der Waals surface area contributed by atoms with Gasteiger partial charge in [-0.05, 0) is 17.7 Å². The monoisotopic (exact) mass is 279 g/mol. The van der Waals surface area contributed by atoms with Crippen LogP contribution >= 0.6 is 0 Å². The Balaban J connectivity index is 2.18. The highest BCUT2D eigenvalue weighted by Crippen LogP contribution is 2.06. The van der Waals surface area contributed by atoms with Gasteiger partial charge in [-0.2, -0.15) is 0 Å². The van der Waals surface area contributed by atoms with Crippen LogP contribution in [0.4, 0.5) is 5.69 Å². The van der Waals surface area contributed by atoms with Crippen molar-refractivity contribution in [3.8, 4) is 0 Å². The summed E-state index contributed by atoms with van der Waals surface area (Å²) in [5.41, 5.74) is 7.12. The quantitative estimate of drug-likeness (QED) is 0.464. The Morgan fingerprint density at radius 2 is 1.95 bits per heavy atom. The summed E-state index contributed by atoms with van der Waals surface area (Å²) in [7, 11) is 1.57. The molecule has 6 heteroatoms. The summed E-state index contributed by atoms with van der Waals surface area (Å²) in [4.78, 5) is 23.0. The topological polar surface area (TPSA) is 93.5 Å². The second-order valence-corrected chi connectivity index (χ2v) is 4.36. The minimum atomic E-state index is -0.125. The Hall–Kier alpha value is -2.08. The van der Waals surface area contributed by atoms with Gasteiger partial charge < -0.3 is 21.1 Å². The molecule has 0 radical (unpaired) electrons. The molecule has 0 spiro atoms. The van der Waals surface area contributed by atoms with Gasteiger partial charge in [0.2, 0.25) is 11.8 Å². The van der Waals surface area contributed by atoms with Crippen molar-refractivity contribution in [2.45, 2.75) is 12.8 Å². The molecule has 0 fully saturated rings. The summed E-state index contributed by atoms with van der Waals surface area (Å²) in [6.07, 6.45) is 0.517. The molecule has 0 saturated heterocycles. The summed E-state index contributed by atoms with van der Waals surface area (Å²) in [5, 5.41) is 5.38. The number of benzene rings is 1. The van der Waals surface area contributed by atoms with E-state index in [1.165, 1.54) is 0 Å². The summed E-state index contributed by atoms with van der Waals surface area (Å²) >= 11 is 0. The first-order chi connectivity index (χ1) is 9.61. The molecule has 1 aromatic rings. The SMILES string of the molecule is COCCNC(=O)CCNC(=O)Cc1cccc(N)c1. The van der Waals surface area contributed by atoms with Crippen LogP contribution in [0.25, 0.3) is 0 Å². The van der Waals surface area contributed by atoms with E-state index in [1.54, 1.807) is 25.3 Å². The molecule has 2 amide bonds. The molecule has 0 saturated carbocycles. The number of anilines is 1. The lowest BCUT2D eigenvalue weighted by atomic mass is 10.1. The molecule has 6 nitrogen and oxygen atoms in total. The molecular formula is C14H21N3O3. The summed E-state index contributed by atoms with van der Waals surface area (Å²) in [6, 6.07) is 7.18. The van der Waals surface area contributed by atoms with Crippen LogP contribution in [-0.2, 0) is 20.7 Å². The minimum absolute atomic E-state index is 0.105. The summed E-state index contributed by atoms with van der Waals surface area (Å²) in [5.74, 6) is -0.230. The van der Waals surface area contributed by atoms with Gasteiger partial charge >= 0.3 is 0 Å². The van der Waals surface area contributed by atoms with Gasteiger partial charge in [0.15, 0.2) is 0 Å². The summed E-state index contributed by atoms with van der Waals surface area (Å²) in [6.45, 7) is 1.28. The molecule has 0 unspecified atom stereocenters. The molecule has 4 N–H and O–H groups in total. The molecule has 0 bridgehead atoms. The number of amides is 2. The van der Waals surface area contributed by atoms with E-state index in [0.29, 0.717) is 25.4 Å². The van der Waals surface area contributed by atoms with Crippen molar-refractivity contribution in [2.24, 2.45) is 0 Å².